The molecule has 0 heterocycles. The lowest BCUT2D eigenvalue weighted by Gasteiger charge is -2.19. The third-order valence-corrected chi connectivity index (χ3v) is 3.79. The van der Waals surface area contributed by atoms with E-state index in [4.69, 9.17) is 0 Å². The Morgan fingerprint density at radius 1 is 1.14 bits per heavy atom. The van der Waals surface area contributed by atoms with Crippen LogP contribution in [0.4, 0.5) is 0 Å². The number of hydrogen-bond donors (Lipinski definition) is 2. The van der Waals surface area contributed by atoms with Gasteiger partial charge in [-0.25, -0.2) is 0 Å². The van der Waals surface area contributed by atoms with Gasteiger partial charge in [-0.15, -0.1) is 0 Å². The molecule has 0 aromatic heterocycles. The number of nitrogens with one attached hydrogen (secondary N) is 2. The first-order valence-electron chi connectivity index (χ1n) is 8.53. The molecule has 0 bridgehead atoms. The van der Waals surface area contributed by atoms with E-state index in [-0.39, 0.29) is 6.04 Å². The summed E-state index contributed by atoms with van der Waals surface area (Å²) in [4.78, 5) is 7.12. The standard InChI is InChI=1S/C18H32N4/c1-5-19-18(20-14-11-15-22(6-2)7-3)21-16(4)17-12-9-8-10-13-17/h8-10,12-13,16H,5-7,11,14-15H2,1-4H3,(H2,19,20,21). The zero-order chi connectivity index (χ0) is 16.2. The lowest BCUT2D eigenvalue weighted by molar-refractivity contribution is 0.302. The van der Waals surface area contributed by atoms with Gasteiger partial charge in [-0.1, -0.05) is 44.2 Å². The molecule has 0 saturated carbocycles. The van der Waals surface area contributed by atoms with Gasteiger partial charge in [-0.2, -0.15) is 0 Å². The molecule has 0 aliphatic carbocycles. The highest BCUT2D eigenvalue weighted by Gasteiger charge is 2.06. The van der Waals surface area contributed by atoms with Crippen LogP contribution in [-0.4, -0.2) is 43.6 Å². The maximum atomic E-state index is 4.69. The number of aliphatic imine (C=N–C) groups is 1. The van der Waals surface area contributed by atoms with E-state index in [9.17, 15) is 0 Å². The first-order valence-corrected chi connectivity index (χ1v) is 8.53. The summed E-state index contributed by atoms with van der Waals surface area (Å²) in [6.07, 6.45) is 1.10. The molecule has 4 nitrogen and oxygen atoms in total. The Bertz CT molecular complexity index is 412. The minimum atomic E-state index is 0.252. The van der Waals surface area contributed by atoms with Crippen LogP contribution in [0.3, 0.4) is 0 Å². The fraction of sp³-hybridized carbons (Fsp3) is 0.611. The van der Waals surface area contributed by atoms with Gasteiger partial charge in [0.2, 0.25) is 0 Å². The first-order chi connectivity index (χ1) is 10.7. The molecule has 0 saturated heterocycles. The Labute approximate surface area is 136 Å². The van der Waals surface area contributed by atoms with Crippen molar-refractivity contribution in [2.45, 2.75) is 40.2 Å². The Kier molecular flexibility index (Phi) is 9.31. The molecule has 4 heteroatoms. The molecule has 124 valence electrons. The Morgan fingerprint density at radius 3 is 2.41 bits per heavy atom. The lowest BCUT2D eigenvalue weighted by Crippen LogP contribution is -2.39. The predicted molar refractivity (Wildman–Crippen MR) is 96.4 cm³/mol. The number of guanidine groups is 1. The predicted octanol–water partition coefficient (Wildman–Crippen LogP) is 3.03. The monoisotopic (exact) mass is 304 g/mol. The fourth-order valence-corrected chi connectivity index (χ4v) is 2.38. The smallest absolute Gasteiger partial charge is 0.191 e. The Morgan fingerprint density at radius 2 is 1.82 bits per heavy atom. The summed E-state index contributed by atoms with van der Waals surface area (Å²) in [5.41, 5.74) is 1.27. The normalized spacial score (nSPS) is 13.2. The first kappa shape index (κ1) is 18.5. The van der Waals surface area contributed by atoms with Crippen LogP contribution in [-0.2, 0) is 0 Å². The van der Waals surface area contributed by atoms with Gasteiger partial charge in [0.25, 0.3) is 0 Å². The molecule has 1 rings (SSSR count). The average Bonchev–Trinajstić information content (AvgIpc) is 2.56. The van der Waals surface area contributed by atoms with Crippen molar-refractivity contribution >= 4 is 5.96 Å². The van der Waals surface area contributed by atoms with E-state index in [1.807, 2.05) is 6.07 Å². The van der Waals surface area contributed by atoms with Gasteiger partial charge < -0.3 is 15.5 Å². The third-order valence-electron chi connectivity index (χ3n) is 3.79. The van der Waals surface area contributed by atoms with Crippen molar-refractivity contribution in [3.8, 4) is 0 Å². The van der Waals surface area contributed by atoms with Crippen LogP contribution in [0, 0.1) is 0 Å². The summed E-state index contributed by atoms with van der Waals surface area (Å²) < 4.78 is 0. The van der Waals surface area contributed by atoms with Crippen LogP contribution >= 0.6 is 0 Å². The van der Waals surface area contributed by atoms with Crippen LogP contribution in [0.15, 0.2) is 35.3 Å². The largest absolute Gasteiger partial charge is 0.357 e. The molecular formula is C18H32N4. The second-order valence-corrected chi connectivity index (χ2v) is 5.42. The minimum absolute atomic E-state index is 0.252. The van der Waals surface area contributed by atoms with E-state index in [0.29, 0.717) is 0 Å². The molecule has 0 aliphatic rings. The summed E-state index contributed by atoms with van der Waals surface area (Å²) in [6, 6.07) is 10.7. The SMILES string of the molecule is CCNC(=NCCCN(CC)CC)NC(C)c1ccccc1. The highest BCUT2D eigenvalue weighted by molar-refractivity contribution is 5.80. The van der Waals surface area contributed by atoms with Crippen molar-refractivity contribution in [3.05, 3.63) is 35.9 Å². The molecule has 1 unspecified atom stereocenters. The molecule has 1 aromatic rings. The summed E-state index contributed by atoms with van der Waals surface area (Å²) in [5.74, 6) is 0.901. The maximum absolute atomic E-state index is 4.69. The molecule has 1 aromatic carbocycles. The van der Waals surface area contributed by atoms with E-state index in [1.165, 1.54) is 5.56 Å². The van der Waals surface area contributed by atoms with Crippen molar-refractivity contribution < 1.29 is 0 Å². The molecule has 1 atom stereocenters. The Balaban J connectivity index is 2.48. The van der Waals surface area contributed by atoms with Crippen LogP contribution in [0.2, 0.25) is 0 Å². The van der Waals surface area contributed by atoms with Crippen molar-refractivity contribution in [3.63, 3.8) is 0 Å². The van der Waals surface area contributed by atoms with Gasteiger partial charge in [0.05, 0.1) is 6.04 Å². The van der Waals surface area contributed by atoms with Crippen LogP contribution in [0.1, 0.15) is 45.7 Å². The van der Waals surface area contributed by atoms with Crippen LogP contribution < -0.4 is 10.6 Å². The highest BCUT2D eigenvalue weighted by Crippen LogP contribution is 2.10. The molecular weight excluding hydrogens is 272 g/mol. The van der Waals surface area contributed by atoms with Gasteiger partial charge in [-0.3, -0.25) is 4.99 Å². The van der Waals surface area contributed by atoms with E-state index in [2.05, 4.69) is 72.5 Å². The summed E-state index contributed by atoms with van der Waals surface area (Å²) in [5, 5.41) is 6.80. The zero-order valence-corrected chi connectivity index (χ0v) is 14.6. The van der Waals surface area contributed by atoms with Crippen molar-refractivity contribution in [2.75, 3.05) is 32.7 Å². The molecule has 0 spiro atoms. The van der Waals surface area contributed by atoms with E-state index >= 15 is 0 Å². The average molecular weight is 304 g/mol. The molecule has 0 amide bonds. The van der Waals surface area contributed by atoms with Gasteiger partial charge in [0.1, 0.15) is 0 Å². The molecule has 22 heavy (non-hydrogen) atoms. The topological polar surface area (TPSA) is 39.7 Å². The zero-order valence-electron chi connectivity index (χ0n) is 14.6. The number of hydrogen-bond acceptors (Lipinski definition) is 2. The summed E-state index contributed by atoms with van der Waals surface area (Å²) in [6.45, 7) is 13.8. The van der Waals surface area contributed by atoms with E-state index in [0.717, 1.165) is 45.1 Å². The summed E-state index contributed by atoms with van der Waals surface area (Å²) in [7, 11) is 0. The summed E-state index contributed by atoms with van der Waals surface area (Å²) >= 11 is 0. The highest BCUT2D eigenvalue weighted by atomic mass is 15.2. The van der Waals surface area contributed by atoms with Gasteiger partial charge in [0.15, 0.2) is 5.96 Å². The van der Waals surface area contributed by atoms with Gasteiger partial charge >= 0.3 is 0 Å². The fourth-order valence-electron chi connectivity index (χ4n) is 2.38. The van der Waals surface area contributed by atoms with E-state index < -0.39 is 0 Å². The maximum Gasteiger partial charge on any atom is 0.191 e. The third kappa shape index (κ3) is 6.94. The molecule has 0 fully saturated rings. The second kappa shape index (κ2) is 11.1. The van der Waals surface area contributed by atoms with Gasteiger partial charge in [-0.05, 0) is 45.5 Å². The van der Waals surface area contributed by atoms with Crippen molar-refractivity contribution in [1.29, 1.82) is 0 Å². The minimum Gasteiger partial charge on any atom is -0.357 e. The quantitative estimate of drug-likeness (QED) is 0.418. The van der Waals surface area contributed by atoms with Crippen LogP contribution in [0.25, 0.3) is 0 Å². The second-order valence-electron chi connectivity index (χ2n) is 5.42. The Hall–Kier alpha value is -1.55. The van der Waals surface area contributed by atoms with Crippen LogP contribution in [0.5, 0.6) is 0 Å². The molecule has 0 aliphatic heterocycles. The number of rotatable bonds is 9. The van der Waals surface area contributed by atoms with Gasteiger partial charge in [0, 0.05) is 13.1 Å². The lowest BCUT2D eigenvalue weighted by atomic mass is 10.1. The van der Waals surface area contributed by atoms with Crippen molar-refractivity contribution in [2.24, 2.45) is 4.99 Å². The number of benzene rings is 1. The number of nitrogens with zero attached hydrogens (tertiary/aromatic N) is 2. The van der Waals surface area contributed by atoms with Crippen molar-refractivity contribution in [1.82, 2.24) is 15.5 Å². The van der Waals surface area contributed by atoms with E-state index in [1.54, 1.807) is 0 Å². The molecule has 0 radical (unpaired) electrons. The molecule has 2 N–H and O–H groups in total.